The zero-order valence-electron chi connectivity index (χ0n) is 21.2. The third-order valence-electron chi connectivity index (χ3n) is 5.48. The molecule has 8 heteroatoms. The van der Waals surface area contributed by atoms with Gasteiger partial charge in [0.2, 0.25) is 5.91 Å². The molecule has 1 aromatic carbocycles. The highest BCUT2D eigenvalue weighted by Crippen LogP contribution is 2.25. The Hall–Kier alpha value is -2.77. The molecular formula is C25H39N3O5. The van der Waals surface area contributed by atoms with Gasteiger partial charge in [0.15, 0.2) is 0 Å². The van der Waals surface area contributed by atoms with Gasteiger partial charge in [0.25, 0.3) is 5.91 Å². The Bertz CT molecular complexity index is 843. The molecule has 1 saturated heterocycles. The number of hydrogen-bond donors (Lipinski definition) is 1. The van der Waals surface area contributed by atoms with Crippen molar-refractivity contribution in [1.29, 1.82) is 0 Å². The molecule has 2 rings (SSSR count). The van der Waals surface area contributed by atoms with E-state index < -0.39 is 23.3 Å². The molecule has 1 N–H and O–H groups in total. The number of nitrogens with one attached hydrogen (secondary N) is 1. The molecule has 1 aliphatic rings. The fourth-order valence-corrected chi connectivity index (χ4v) is 3.88. The first-order valence-electron chi connectivity index (χ1n) is 11.6. The van der Waals surface area contributed by atoms with Gasteiger partial charge in [0.1, 0.15) is 17.4 Å². The van der Waals surface area contributed by atoms with Crippen molar-refractivity contribution in [2.75, 3.05) is 26.2 Å². The van der Waals surface area contributed by atoms with Gasteiger partial charge in [0.05, 0.1) is 12.1 Å². The minimum Gasteiger partial charge on any atom is -0.494 e. The summed E-state index contributed by atoms with van der Waals surface area (Å²) < 4.78 is 10.8. The van der Waals surface area contributed by atoms with E-state index in [-0.39, 0.29) is 17.7 Å². The topological polar surface area (TPSA) is 88.2 Å². The fourth-order valence-electron chi connectivity index (χ4n) is 3.88. The van der Waals surface area contributed by atoms with Crippen molar-refractivity contribution in [3.63, 3.8) is 0 Å². The number of ether oxygens (including phenoxy) is 2. The Morgan fingerprint density at radius 1 is 1.09 bits per heavy atom. The normalized spacial score (nSPS) is 16.9. The molecule has 0 bridgehead atoms. The summed E-state index contributed by atoms with van der Waals surface area (Å²) in [5, 5.41) is 2.73. The lowest BCUT2D eigenvalue weighted by molar-refractivity contribution is -0.138. The van der Waals surface area contributed by atoms with Crippen LogP contribution < -0.4 is 10.1 Å². The number of carbonyl (C=O) groups excluding carboxylic acids is 3. The van der Waals surface area contributed by atoms with Gasteiger partial charge in [-0.05, 0) is 71.7 Å². The molecule has 184 valence electrons. The largest absolute Gasteiger partial charge is 0.494 e. The maximum Gasteiger partial charge on any atom is 0.408 e. The summed E-state index contributed by atoms with van der Waals surface area (Å²) in [7, 11) is 0. The molecule has 0 aromatic heterocycles. The fraction of sp³-hybridized carbons (Fsp3) is 0.640. The standard InChI is InChI=1S/C25H39N3O5/c1-9-32-19-12-10-18(11-13-19)21(29)28-15-14-27(16-25(28,7)8)22(30)20(17(2)3)26-23(31)33-24(4,5)6/h10-13,17,20H,9,14-16H2,1-8H3,(H,26,31)/t20-/m0/s1. The van der Waals surface area contributed by atoms with Crippen molar-refractivity contribution in [1.82, 2.24) is 15.1 Å². The lowest BCUT2D eigenvalue weighted by Crippen LogP contribution is -2.64. The lowest BCUT2D eigenvalue weighted by Gasteiger charge is -2.48. The first-order valence-corrected chi connectivity index (χ1v) is 11.6. The van der Waals surface area contributed by atoms with Gasteiger partial charge in [-0.2, -0.15) is 0 Å². The van der Waals surface area contributed by atoms with Gasteiger partial charge in [-0.15, -0.1) is 0 Å². The number of hydrogen-bond acceptors (Lipinski definition) is 5. The highest BCUT2D eigenvalue weighted by molar-refractivity contribution is 5.95. The van der Waals surface area contributed by atoms with Gasteiger partial charge >= 0.3 is 6.09 Å². The van der Waals surface area contributed by atoms with E-state index in [0.717, 1.165) is 5.75 Å². The molecule has 0 saturated carbocycles. The zero-order chi connectivity index (χ0) is 25.0. The average Bonchev–Trinajstić information content (AvgIpc) is 2.69. The summed E-state index contributed by atoms with van der Waals surface area (Å²) in [6.45, 7) is 16.7. The van der Waals surface area contributed by atoms with Crippen LogP contribution in [0.2, 0.25) is 0 Å². The number of nitrogens with zero attached hydrogens (tertiary/aromatic N) is 2. The van der Waals surface area contributed by atoms with Crippen molar-refractivity contribution < 1.29 is 23.9 Å². The number of piperazine rings is 1. The highest BCUT2D eigenvalue weighted by atomic mass is 16.6. The summed E-state index contributed by atoms with van der Waals surface area (Å²) in [6.07, 6.45) is -0.613. The monoisotopic (exact) mass is 461 g/mol. The minimum absolute atomic E-state index is 0.0811. The van der Waals surface area contributed by atoms with Crippen molar-refractivity contribution in [3.8, 4) is 5.75 Å². The second-order valence-electron chi connectivity index (χ2n) is 10.4. The molecule has 1 atom stereocenters. The second-order valence-corrected chi connectivity index (χ2v) is 10.4. The predicted molar refractivity (Wildman–Crippen MR) is 127 cm³/mol. The van der Waals surface area contributed by atoms with E-state index >= 15 is 0 Å². The molecular weight excluding hydrogens is 422 g/mol. The van der Waals surface area contributed by atoms with E-state index in [4.69, 9.17) is 9.47 Å². The van der Waals surface area contributed by atoms with Crippen molar-refractivity contribution >= 4 is 17.9 Å². The lowest BCUT2D eigenvalue weighted by atomic mass is 9.95. The summed E-state index contributed by atoms with van der Waals surface area (Å²) in [6, 6.07) is 6.41. The Morgan fingerprint density at radius 3 is 2.18 bits per heavy atom. The van der Waals surface area contributed by atoms with Crippen LogP contribution in [-0.2, 0) is 9.53 Å². The van der Waals surface area contributed by atoms with Crippen molar-refractivity contribution in [2.24, 2.45) is 5.92 Å². The molecule has 1 aromatic rings. The van der Waals surface area contributed by atoms with E-state index in [0.29, 0.717) is 31.8 Å². The first-order chi connectivity index (χ1) is 15.2. The quantitative estimate of drug-likeness (QED) is 0.698. The number of alkyl carbamates (subject to hydrolysis) is 1. The highest BCUT2D eigenvalue weighted by Gasteiger charge is 2.41. The van der Waals surface area contributed by atoms with Crippen LogP contribution >= 0.6 is 0 Å². The van der Waals surface area contributed by atoms with Crippen molar-refractivity contribution in [3.05, 3.63) is 29.8 Å². The second kappa shape index (κ2) is 10.4. The molecule has 0 spiro atoms. The maximum atomic E-state index is 13.3. The molecule has 33 heavy (non-hydrogen) atoms. The van der Waals surface area contributed by atoms with E-state index in [2.05, 4.69) is 5.32 Å². The van der Waals surface area contributed by atoms with Gasteiger partial charge in [-0.1, -0.05) is 13.8 Å². The Balaban J connectivity index is 2.09. The number of benzene rings is 1. The number of carbonyl (C=O) groups is 3. The van der Waals surface area contributed by atoms with Gasteiger partial charge in [-0.3, -0.25) is 9.59 Å². The van der Waals surface area contributed by atoms with Crippen LogP contribution in [0.3, 0.4) is 0 Å². The predicted octanol–water partition coefficient (Wildman–Crippen LogP) is 3.70. The van der Waals surface area contributed by atoms with Crippen molar-refractivity contribution in [2.45, 2.75) is 72.6 Å². The molecule has 1 aliphatic heterocycles. The molecule has 1 fully saturated rings. The van der Waals surface area contributed by atoms with Crippen LogP contribution in [0.1, 0.15) is 65.7 Å². The van der Waals surface area contributed by atoms with Crippen LogP contribution in [-0.4, -0.2) is 71.1 Å². The maximum absolute atomic E-state index is 13.3. The molecule has 8 nitrogen and oxygen atoms in total. The van der Waals surface area contributed by atoms with Gasteiger partial charge < -0.3 is 24.6 Å². The summed E-state index contributed by atoms with van der Waals surface area (Å²) >= 11 is 0. The van der Waals surface area contributed by atoms with Gasteiger partial charge in [-0.25, -0.2) is 4.79 Å². The molecule has 3 amide bonds. The van der Waals surface area contributed by atoms with E-state index in [1.807, 2.05) is 34.6 Å². The first kappa shape index (κ1) is 26.5. The van der Waals surface area contributed by atoms with Crippen LogP contribution in [0.5, 0.6) is 5.75 Å². The molecule has 0 radical (unpaired) electrons. The van der Waals surface area contributed by atoms with Gasteiger partial charge in [0, 0.05) is 25.2 Å². The minimum atomic E-state index is -0.705. The Kier molecular flexibility index (Phi) is 8.38. The van der Waals surface area contributed by atoms with Crippen LogP contribution in [0.15, 0.2) is 24.3 Å². The number of rotatable bonds is 6. The number of amides is 3. The Labute approximate surface area is 197 Å². The molecule has 0 unspecified atom stereocenters. The molecule has 0 aliphatic carbocycles. The van der Waals surface area contributed by atoms with E-state index in [1.165, 1.54) is 0 Å². The van der Waals surface area contributed by atoms with E-state index in [1.54, 1.807) is 54.8 Å². The van der Waals surface area contributed by atoms with E-state index in [9.17, 15) is 14.4 Å². The molecule has 1 heterocycles. The van der Waals surface area contributed by atoms with Crippen LogP contribution in [0.4, 0.5) is 4.79 Å². The summed E-state index contributed by atoms with van der Waals surface area (Å²) in [5.41, 5.74) is -0.640. The van der Waals surface area contributed by atoms with Crippen LogP contribution in [0.25, 0.3) is 0 Å². The SMILES string of the molecule is CCOc1ccc(C(=O)N2CCN(C(=O)[C@@H](NC(=O)OC(C)(C)C)C(C)C)CC2(C)C)cc1. The zero-order valence-corrected chi connectivity index (χ0v) is 21.2. The third kappa shape index (κ3) is 7.11. The summed E-state index contributed by atoms with van der Waals surface area (Å²) in [4.78, 5) is 42.3. The Morgan fingerprint density at radius 2 is 1.70 bits per heavy atom. The summed E-state index contributed by atoms with van der Waals surface area (Å²) in [5.74, 6) is 0.358. The van der Waals surface area contributed by atoms with Crippen LogP contribution in [0, 0.1) is 5.92 Å². The smallest absolute Gasteiger partial charge is 0.408 e. The average molecular weight is 462 g/mol. The third-order valence-corrected chi connectivity index (χ3v) is 5.48.